The van der Waals surface area contributed by atoms with Gasteiger partial charge in [0, 0.05) is 11.1 Å². The molecule has 1 heterocycles. The van der Waals surface area contributed by atoms with Gasteiger partial charge in [0.2, 0.25) is 0 Å². The van der Waals surface area contributed by atoms with Crippen LogP contribution in [-0.2, 0) is 4.74 Å². The minimum Gasteiger partial charge on any atom is -0.490 e. The highest BCUT2D eigenvalue weighted by atomic mass is 79.9. The van der Waals surface area contributed by atoms with Gasteiger partial charge in [-0.2, -0.15) is 0 Å². The van der Waals surface area contributed by atoms with Crippen molar-refractivity contribution in [3.05, 3.63) is 22.2 Å². The van der Waals surface area contributed by atoms with Crippen LogP contribution < -0.4 is 15.2 Å². The van der Waals surface area contributed by atoms with Crippen LogP contribution in [0.2, 0.25) is 0 Å². The Labute approximate surface area is 135 Å². The molecule has 21 heavy (non-hydrogen) atoms. The van der Waals surface area contributed by atoms with Gasteiger partial charge >= 0.3 is 0 Å². The van der Waals surface area contributed by atoms with E-state index >= 15 is 0 Å². The lowest BCUT2D eigenvalue weighted by Gasteiger charge is -2.29. The maximum atomic E-state index is 6.41. The van der Waals surface area contributed by atoms with Crippen molar-refractivity contribution in [1.82, 2.24) is 0 Å². The molecule has 1 fully saturated rings. The van der Waals surface area contributed by atoms with Crippen molar-refractivity contribution in [2.24, 2.45) is 5.73 Å². The average Bonchev–Trinajstić information content (AvgIpc) is 2.50. The Kier molecular flexibility index (Phi) is 6.33. The van der Waals surface area contributed by atoms with E-state index in [1.54, 1.807) is 0 Å². The first kappa shape index (κ1) is 16.6. The van der Waals surface area contributed by atoms with Gasteiger partial charge in [0.15, 0.2) is 11.5 Å². The summed E-state index contributed by atoms with van der Waals surface area (Å²) in [5.74, 6) is 1.48. The maximum absolute atomic E-state index is 6.41. The minimum atomic E-state index is -0.158. The average molecular weight is 358 g/mol. The molecule has 2 rings (SSSR count). The molecule has 4 nitrogen and oxygen atoms in total. The van der Waals surface area contributed by atoms with Gasteiger partial charge in [-0.15, -0.1) is 0 Å². The third kappa shape index (κ3) is 4.11. The zero-order chi connectivity index (χ0) is 15.2. The Hall–Kier alpha value is -0.780. The van der Waals surface area contributed by atoms with Crippen LogP contribution in [0.4, 0.5) is 0 Å². The predicted molar refractivity (Wildman–Crippen MR) is 87.0 cm³/mol. The SMILES string of the molecule is CCOc1cc(Br)c(C(N)C2CCCCO2)cc1OCC. The van der Waals surface area contributed by atoms with Crippen molar-refractivity contribution in [3.8, 4) is 11.5 Å². The monoisotopic (exact) mass is 357 g/mol. The van der Waals surface area contributed by atoms with Crippen LogP contribution in [0.1, 0.15) is 44.7 Å². The van der Waals surface area contributed by atoms with Gasteiger partial charge in [-0.05, 0) is 50.8 Å². The molecule has 2 atom stereocenters. The fraction of sp³-hybridized carbons (Fsp3) is 0.625. The van der Waals surface area contributed by atoms with Crippen LogP contribution in [-0.4, -0.2) is 25.9 Å². The van der Waals surface area contributed by atoms with Gasteiger partial charge < -0.3 is 19.9 Å². The summed E-state index contributed by atoms with van der Waals surface area (Å²) in [6.07, 6.45) is 3.37. The van der Waals surface area contributed by atoms with Crippen LogP contribution >= 0.6 is 15.9 Å². The smallest absolute Gasteiger partial charge is 0.162 e. The fourth-order valence-electron chi connectivity index (χ4n) is 2.59. The first-order chi connectivity index (χ1) is 10.2. The summed E-state index contributed by atoms with van der Waals surface area (Å²) in [5.41, 5.74) is 7.42. The summed E-state index contributed by atoms with van der Waals surface area (Å²) in [6.45, 7) is 5.91. The van der Waals surface area contributed by atoms with Crippen molar-refractivity contribution >= 4 is 15.9 Å². The molecule has 1 aliphatic heterocycles. The second-order valence-electron chi connectivity index (χ2n) is 5.12. The summed E-state index contributed by atoms with van der Waals surface area (Å²) in [7, 11) is 0. The molecule has 0 amide bonds. The van der Waals surface area contributed by atoms with Crippen molar-refractivity contribution in [2.45, 2.75) is 45.3 Å². The van der Waals surface area contributed by atoms with Crippen molar-refractivity contribution in [1.29, 1.82) is 0 Å². The largest absolute Gasteiger partial charge is 0.490 e. The van der Waals surface area contributed by atoms with E-state index in [0.29, 0.717) is 13.2 Å². The highest BCUT2D eigenvalue weighted by Crippen LogP contribution is 2.38. The van der Waals surface area contributed by atoms with E-state index in [1.165, 1.54) is 6.42 Å². The first-order valence-corrected chi connectivity index (χ1v) is 8.42. The molecule has 2 unspecified atom stereocenters. The van der Waals surface area contributed by atoms with E-state index in [-0.39, 0.29) is 12.1 Å². The van der Waals surface area contributed by atoms with Gasteiger partial charge in [-0.1, -0.05) is 15.9 Å². The number of benzene rings is 1. The van der Waals surface area contributed by atoms with Crippen LogP contribution in [0.3, 0.4) is 0 Å². The third-order valence-corrected chi connectivity index (χ3v) is 4.32. The van der Waals surface area contributed by atoms with Gasteiger partial charge in [0.1, 0.15) is 0 Å². The normalized spacial score (nSPS) is 20.1. The quantitative estimate of drug-likeness (QED) is 0.840. The number of hydrogen-bond acceptors (Lipinski definition) is 4. The van der Waals surface area contributed by atoms with Crippen LogP contribution in [0.25, 0.3) is 0 Å². The molecule has 2 N–H and O–H groups in total. The standard InChI is InChI=1S/C16H24BrNO3/c1-3-19-14-9-11(12(17)10-15(14)20-4-2)16(18)13-7-5-6-8-21-13/h9-10,13,16H,3-8,18H2,1-2H3. The Morgan fingerprint density at radius 2 is 1.90 bits per heavy atom. The molecule has 118 valence electrons. The van der Waals surface area contributed by atoms with Crippen LogP contribution in [0.5, 0.6) is 11.5 Å². The number of nitrogens with two attached hydrogens (primary N) is 1. The Morgan fingerprint density at radius 1 is 1.24 bits per heavy atom. The Bertz CT molecular complexity index is 461. The third-order valence-electron chi connectivity index (χ3n) is 3.64. The molecule has 0 aromatic heterocycles. The molecule has 0 radical (unpaired) electrons. The zero-order valence-electron chi connectivity index (χ0n) is 12.7. The lowest BCUT2D eigenvalue weighted by Crippen LogP contribution is -2.32. The number of hydrogen-bond donors (Lipinski definition) is 1. The molecule has 0 saturated carbocycles. The van der Waals surface area contributed by atoms with E-state index in [0.717, 1.165) is 41.0 Å². The van der Waals surface area contributed by atoms with Gasteiger partial charge in [-0.25, -0.2) is 0 Å². The number of halogens is 1. The van der Waals surface area contributed by atoms with Gasteiger partial charge in [0.05, 0.1) is 25.4 Å². The topological polar surface area (TPSA) is 53.7 Å². The summed E-state index contributed by atoms with van der Waals surface area (Å²) in [6, 6.07) is 3.75. The van der Waals surface area contributed by atoms with Crippen LogP contribution in [0.15, 0.2) is 16.6 Å². The summed E-state index contributed by atoms with van der Waals surface area (Å²) >= 11 is 3.60. The highest BCUT2D eigenvalue weighted by molar-refractivity contribution is 9.10. The molecule has 0 bridgehead atoms. The lowest BCUT2D eigenvalue weighted by atomic mass is 9.96. The zero-order valence-corrected chi connectivity index (χ0v) is 14.3. The molecule has 0 spiro atoms. The predicted octanol–water partition coefficient (Wildman–Crippen LogP) is 3.82. The van der Waals surface area contributed by atoms with Crippen molar-refractivity contribution < 1.29 is 14.2 Å². The first-order valence-electron chi connectivity index (χ1n) is 7.63. The molecular formula is C16H24BrNO3. The second-order valence-corrected chi connectivity index (χ2v) is 5.97. The molecule has 1 aromatic carbocycles. The molecule has 0 aliphatic carbocycles. The van der Waals surface area contributed by atoms with E-state index in [4.69, 9.17) is 19.9 Å². The fourth-order valence-corrected chi connectivity index (χ4v) is 3.18. The molecule has 5 heteroatoms. The van der Waals surface area contributed by atoms with E-state index in [2.05, 4.69) is 15.9 Å². The number of ether oxygens (including phenoxy) is 3. The highest BCUT2D eigenvalue weighted by Gasteiger charge is 2.25. The van der Waals surface area contributed by atoms with E-state index in [9.17, 15) is 0 Å². The second kappa shape index (κ2) is 8.01. The molecule has 1 aliphatic rings. The van der Waals surface area contributed by atoms with E-state index in [1.807, 2.05) is 26.0 Å². The van der Waals surface area contributed by atoms with Crippen molar-refractivity contribution in [3.63, 3.8) is 0 Å². The Balaban J connectivity index is 2.27. The van der Waals surface area contributed by atoms with E-state index < -0.39 is 0 Å². The number of rotatable bonds is 6. The van der Waals surface area contributed by atoms with Crippen LogP contribution in [0, 0.1) is 0 Å². The summed E-state index contributed by atoms with van der Waals surface area (Å²) < 4.78 is 18.1. The van der Waals surface area contributed by atoms with Crippen molar-refractivity contribution in [2.75, 3.05) is 19.8 Å². The lowest BCUT2D eigenvalue weighted by molar-refractivity contribution is -0.000163. The van der Waals surface area contributed by atoms with Gasteiger partial charge in [-0.3, -0.25) is 0 Å². The molecule has 1 saturated heterocycles. The maximum Gasteiger partial charge on any atom is 0.162 e. The minimum absolute atomic E-state index is 0.0717. The summed E-state index contributed by atoms with van der Waals surface area (Å²) in [4.78, 5) is 0. The summed E-state index contributed by atoms with van der Waals surface area (Å²) in [5, 5.41) is 0. The molecule has 1 aromatic rings. The van der Waals surface area contributed by atoms with Gasteiger partial charge in [0.25, 0.3) is 0 Å². The Morgan fingerprint density at radius 3 is 2.48 bits per heavy atom. The molecular weight excluding hydrogens is 334 g/mol.